The summed E-state index contributed by atoms with van der Waals surface area (Å²) >= 11 is 0. The molecule has 1 aromatic heterocycles. The second-order valence-electron chi connectivity index (χ2n) is 6.31. The minimum Gasteiger partial charge on any atom is -0.483 e. The van der Waals surface area contributed by atoms with Crippen LogP contribution in [0.3, 0.4) is 0 Å². The molecule has 1 aromatic carbocycles. The Morgan fingerprint density at radius 1 is 1.11 bits per heavy atom. The van der Waals surface area contributed by atoms with Crippen LogP contribution in [-0.2, 0) is 24.3 Å². The minimum atomic E-state index is -4.87. The molecule has 0 N–H and O–H groups in total. The number of rotatable bonds is 4. The van der Waals surface area contributed by atoms with Crippen LogP contribution in [0.25, 0.3) is 5.57 Å². The third-order valence-corrected chi connectivity index (χ3v) is 4.40. The van der Waals surface area contributed by atoms with Crippen molar-refractivity contribution in [3.05, 3.63) is 52.8 Å². The standard InChI is InChI=1S/C19H16F3N5O/c20-19(21,22)17(28-12-14-7-5-13(10-23)6-8-14)15(11-24)18-26-25-16-4-2-1-3-9-27(16)18/h5-8H,1-4,9,12H2. The molecule has 144 valence electrons. The lowest BCUT2D eigenvalue weighted by Crippen LogP contribution is -2.18. The van der Waals surface area contributed by atoms with Crippen LogP contribution in [0, 0.1) is 22.7 Å². The van der Waals surface area contributed by atoms with Gasteiger partial charge < -0.3 is 9.30 Å². The summed E-state index contributed by atoms with van der Waals surface area (Å²) < 4.78 is 47.6. The zero-order chi connectivity index (χ0) is 20.1. The Labute approximate surface area is 159 Å². The fraction of sp³-hybridized carbons (Fsp3) is 0.368. The van der Waals surface area contributed by atoms with Gasteiger partial charge in [-0.15, -0.1) is 10.2 Å². The number of alkyl halides is 3. The molecular weight excluding hydrogens is 371 g/mol. The van der Waals surface area contributed by atoms with Crippen molar-refractivity contribution in [2.45, 2.75) is 45.0 Å². The Balaban J connectivity index is 1.96. The van der Waals surface area contributed by atoms with Gasteiger partial charge >= 0.3 is 6.18 Å². The van der Waals surface area contributed by atoms with Crippen LogP contribution in [0.2, 0.25) is 0 Å². The van der Waals surface area contributed by atoms with E-state index in [4.69, 9.17) is 10.00 Å². The molecule has 0 aliphatic carbocycles. The number of hydrogen-bond acceptors (Lipinski definition) is 5. The van der Waals surface area contributed by atoms with E-state index >= 15 is 0 Å². The van der Waals surface area contributed by atoms with Crippen molar-refractivity contribution in [1.82, 2.24) is 14.8 Å². The molecule has 0 amide bonds. The van der Waals surface area contributed by atoms with Gasteiger partial charge in [-0.1, -0.05) is 18.6 Å². The van der Waals surface area contributed by atoms with Gasteiger partial charge in [0.25, 0.3) is 0 Å². The molecule has 2 heterocycles. The number of aryl methyl sites for hydroxylation is 1. The van der Waals surface area contributed by atoms with Crippen LogP contribution in [0.1, 0.15) is 42.0 Å². The first kappa shape index (κ1) is 19.4. The Bertz CT molecular complexity index is 961. The summed E-state index contributed by atoms with van der Waals surface area (Å²) in [6.07, 6.45) is -1.65. The highest BCUT2D eigenvalue weighted by atomic mass is 19.4. The van der Waals surface area contributed by atoms with Crippen molar-refractivity contribution in [3.8, 4) is 12.1 Å². The largest absolute Gasteiger partial charge is 0.483 e. The maximum atomic E-state index is 13.6. The molecule has 9 heteroatoms. The highest BCUT2D eigenvalue weighted by Crippen LogP contribution is 2.34. The summed E-state index contributed by atoms with van der Waals surface area (Å²) in [4.78, 5) is 0. The molecule has 3 rings (SSSR count). The third kappa shape index (κ3) is 4.15. The lowest BCUT2D eigenvalue weighted by molar-refractivity contribution is -0.131. The van der Waals surface area contributed by atoms with Gasteiger partial charge in [-0.25, -0.2) is 0 Å². The van der Waals surface area contributed by atoms with Gasteiger partial charge in [0.1, 0.15) is 24.1 Å². The summed E-state index contributed by atoms with van der Waals surface area (Å²) in [6.45, 7) is 0.0658. The molecule has 0 saturated carbocycles. The lowest BCUT2D eigenvalue weighted by Gasteiger charge is -2.16. The van der Waals surface area contributed by atoms with E-state index in [0.717, 1.165) is 19.3 Å². The van der Waals surface area contributed by atoms with Crippen molar-refractivity contribution in [1.29, 1.82) is 10.5 Å². The molecule has 0 spiro atoms. The van der Waals surface area contributed by atoms with Crippen LogP contribution in [0.15, 0.2) is 30.0 Å². The molecule has 0 radical (unpaired) electrons. The van der Waals surface area contributed by atoms with Crippen LogP contribution in [0.5, 0.6) is 0 Å². The average Bonchev–Trinajstić information content (AvgIpc) is 2.92. The van der Waals surface area contributed by atoms with E-state index < -0.39 is 24.1 Å². The number of fused-ring (bicyclic) bond motifs is 1. The first-order chi connectivity index (χ1) is 13.4. The third-order valence-electron chi connectivity index (χ3n) is 4.40. The molecule has 0 bridgehead atoms. The molecule has 0 saturated heterocycles. The number of halogens is 3. The van der Waals surface area contributed by atoms with Crippen molar-refractivity contribution in [2.24, 2.45) is 0 Å². The SMILES string of the molecule is N#CC(=C(OCc1ccc(C#N)cc1)C(F)(F)F)c1nnc2n1CCCCC2. The maximum absolute atomic E-state index is 13.6. The van der Waals surface area contributed by atoms with Crippen molar-refractivity contribution < 1.29 is 17.9 Å². The van der Waals surface area contributed by atoms with Gasteiger partial charge in [0, 0.05) is 13.0 Å². The molecule has 0 atom stereocenters. The van der Waals surface area contributed by atoms with E-state index in [2.05, 4.69) is 10.2 Å². The molecule has 28 heavy (non-hydrogen) atoms. The summed E-state index contributed by atoms with van der Waals surface area (Å²) in [5, 5.41) is 26.1. The van der Waals surface area contributed by atoms with Gasteiger partial charge in [-0.3, -0.25) is 0 Å². The zero-order valence-corrected chi connectivity index (χ0v) is 14.8. The average molecular weight is 387 g/mol. The molecule has 1 aliphatic rings. The summed E-state index contributed by atoms with van der Waals surface area (Å²) in [5.41, 5.74) is 0.152. The summed E-state index contributed by atoms with van der Waals surface area (Å²) in [5.74, 6) is -0.931. The second-order valence-corrected chi connectivity index (χ2v) is 6.31. The van der Waals surface area contributed by atoms with Gasteiger partial charge in [0.15, 0.2) is 5.82 Å². The highest BCUT2D eigenvalue weighted by molar-refractivity contribution is 5.75. The zero-order valence-electron chi connectivity index (χ0n) is 14.8. The van der Waals surface area contributed by atoms with E-state index in [0.29, 0.717) is 29.9 Å². The minimum absolute atomic E-state index is 0.119. The van der Waals surface area contributed by atoms with Gasteiger partial charge in [0.2, 0.25) is 5.76 Å². The van der Waals surface area contributed by atoms with Crippen LogP contribution in [-0.4, -0.2) is 20.9 Å². The van der Waals surface area contributed by atoms with Crippen LogP contribution >= 0.6 is 0 Å². The monoisotopic (exact) mass is 387 g/mol. The number of allylic oxidation sites excluding steroid dienone is 2. The quantitative estimate of drug-likeness (QED) is 0.587. The first-order valence-corrected chi connectivity index (χ1v) is 8.70. The molecular formula is C19H16F3N5O. The van der Waals surface area contributed by atoms with Gasteiger partial charge in [0.05, 0.1) is 11.6 Å². The Hall–Kier alpha value is -3.33. The number of aromatic nitrogens is 3. The second kappa shape index (κ2) is 8.13. The first-order valence-electron chi connectivity index (χ1n) is 8.70. The summed E-state index contributed by atoms with van der Waals surface area (Å²) in [7, 11) is 0. The van der Waals surface area contributed by atoms with Gasteiger partial charge in [-0.2, -0.15) is 23.7 Å². The molecule has 6 nitrogen and oxygen atoms in total. The van der Waals surface area contributed by atoms with E-state index in [1.165, 1.54) is 24.3 Å². The van der Waals surface area contributed by atoms with Crippen molar-refractivity contribution in [3.63, 3.8) is 0 Å². The van der Waals surface area contributed by atoms with Crippen LogP contribution in [0.4, 0.5) is 13.2 Å². The fourth-order valence-electron chi connectivity index (χ4n) is 3.00. The predicted octanol–water partition coefficient (Wildman–Crippen LogP) is 3.89. The fourth-order valence-corrected chi connectivity index (χ4v) is 3.00. The Morgan fingerprint density at radius 2 is 1.86 bits per heavy atom. The molecule has 1 aliphatic heterocycles. The smallest absolute Gasteiger partial charge is 0.450 e. The topological polar surface area (TPSA) is 87.5 Å². The summed E-state index contributed by atoms with van der Waals surface area (Å²) in [6, 6.07) is 9.51. The highest BCUT2D eigenvalue weighted by Gasteiger charge is 2.41. The number of nitrogens with zero attached hydrogens (tertiary/aromatic N) is 5. The predicted molar refractivity (Wildman–Crippen MR) is 92.1 cm³/mol. The van der Waals surface area contributed by atoms with Crippen molar-refractivity contribution >= 4 is 5.57 Å². The number of ether oxygens (including phenoxy) is 1. The normalized spacial score (nSPS) is 14.9. The Kier molecular flexibility index (Phi) is 5.65. The lowest BCUT2D eigenvalue weighted by atomic mass is 10.1. The van der Waals surface area contributed by atoms with E-state index in [1.807, 2.05) is 6.07 Å². The molecule has 0 unspecified atom stereocenters. The van der Waals surface area contributed by atoms with Crippen LogP contribution < -0.4 is 0 Å². The van der Waals surface area contributed by atoms with E-state index in [-0.39, 0.29) is 5.82 Å². The van der Waals surface area contributed by atoms with Crippen molar-refractivity contribution in [2.75, 3.05) is 0 Å². The number of nitriles is 2. The van der Waals surface area contributed by atoms with E-state index in [9.17, 15) is 18.4 Å². The molecule has 0 fully saturated rings. The molecule has 2 aromatic rings. The number of benzene rings is 1. The van der Waals surface area contributed by atoms with Gasteiger partial charge in [-0.05, 0) is 30.5 Å². The van der Waals surface area contributed by atoms with E-state index in [1.54, 1.807) is 10.6 Å². The number of hydrogen-bond donors (Lipinski definition) is 0. The maximum Gasteiger partial charge on any atom is 0.450 e. The Morgan fingerprint density at radius 3 is 2.50 bits per heavy atom.